The Morgan fingerprint density at radius 2 is 2.33 bits per heavy atom. The summed E-state index contributed by atoms with van der Waals surface area (Å²) in [6.07, 6.45) is 4.19. The lowest BCUT2D eigenvalue weighted by molar-refractivity contribution is 0.233. The molecule has 0 aliphatic heterocycles. The van der Waals surface area contributed by atoms with Gasteiger partial charge in [-0.05, 0) is 19.9 Å². The first-order valence-corrected chi connectivity index (χ1v) is 4.58. The highest BCUT2D eigenvalue weighted by atomic mass is 15.1. The Morgan fingerprint density at radius 1 is 1.58 bits per heavy atom. The second kappa shape index (κ2) is 4.44. The Bertz CT molecular complexity index is 173. The molecule has 0 aromatic rings. The Hall–Kier alpha value is -0.590. The van der Waals surface area contributed by atoms with Gasteiger partial charge in [-0.2, -0.15) is 5.26 Å². The van der Waals surface area contributed by atoms with E-state index in [9.17, 15) is 0 Å². The molecule has 0 bridgehead atoms. The maximum atomic E-state index is 8.42. The summed E-state index contributed by atoms with van der Waals surface area (Å²) in [6.45, 7) is 0.856. The number of rotatable bonds is 3. The van der Waals surface area contributed by atoms with Gasteiger partial charge in [0.05, 0.1) is 6.07 Å². The minimum absolute atomic E-state index is 0.327. The summed E-state index contributed by atoms with van der Waals surface area (Å²) in [5.74, 6) is 0. The van der Waals surface area contributed by atoms with Crippen LogP contribution in [0.1, 0.15) is 25.7 Å². The van der Waals surface area contributed by atoms with Gasteiger partial charge in [0.15, 0.2) is 0 Å². The molecule has 1 rings (SSSR count). The van der Waals surface area contributed by atoms with Crippen molar-refractivity contribution >= 4 is 0 Å². The van der Waals surface area contributed by atoms with Crippen LogP contribution in [0.15, 0.2) is 0 Å². The average molecular weight is 167 g/mol. The number of nitrogens with two attached hydrogens (primary N) is 1. The van der Waals surface area contributed by atoms with Crippen molar-refractivity contribution in [3.05, 3.63) is 0 Å². The van der Waals surface area contributed by atoms with E-state index >= 15 is 0 Å². The number of hydrogen-bond donors (Lipinski definition) is 1. The number of likely N-dealkylation sites (N-methyl/N-ethyl adjacent to an activating group) is 1. The standard InChI is InChI=1S/C9H17N3/c1-12(7-3-6-10)9-5-2-4-8(9)11/h8-9H,2-5,7,11H2,1H3. The van der Waals surface area contributed by atoms with E-state index in [1.54, 1.807) is 0 Å². The molecule has 0 saturated heterocycles. The molecule has 68 valence electrons. The van der Waals surface area contributed by atoms with E-state index in [4.69, 9.17) is 11.0 Å². The van der Waals surface area contributed by atoms with Crippen LogP contribution in [0, 0.1) is 11.3 Å². The second-order valence-corrected chi connectivity index (χ2v) is 3.55. The zero-order valence-corrected chi connectivity index (χ0v) is 7.66. The van der Waals surface area contributed by atoms with E-state index in [2.05, 4.69) is 18.0 Å². The predicted octanol–water partition coefficient (Wildman–Crippen LogP) is 0.712. The van der Waals surface area contributed by atoms with Crippen LogP contribution in [0.5, 0.6) is 0 Å². The van der Waals surface area contributed by atoms with Crippen LogP contribution >= 0.6 is 0 Å². The zero-order valence-electron chi connectivity index (χ0n) is 7.66. The topological polar surface area (TPSA) is 53.0 Å². The molecule has 0 aromatic carbocycles. The zero-order chi connectivity index (χ0) is 8.97. The predicted molar refractivity (Wildman–Crippen MR) is 48.5 cm³/mol. The molecule has 2 atom stereocenters. The maximum absolute atomic E-state index is 8.42. The fourth-order valence-corrected chi connectivity index (χ4v) is 1.91. The van der Waals surface area contributed by atoms with Crippen LogP contribution in [0.2, 0.25) is 0 Å². The third-order valence-electron chi connectivity index (χ3n) is 2.67. The van der Waals surface area contributed by atoms with Crippen molar-refractivity contribution in [2.45, 2.75) is 37.8 Å². The summed E-state index contributed by atoms with van der Waals surface area (Å²) in [7, 11) is 2.06. The Balaban J connectivity index is 2.31. The molecule has 12 heavy (non-hydrogen) atoms. The third kappa shape index (κ3) is 2.20. The largest absolute Gasteiger partial charge is 0.326 e. The van der Waals surface area contributed by atoms with Gasteiger partial charge in [0.2, 0.25) is 0 Å². The molecule has 0 spiro atoms. The number of hydrogen-bond acceptors (Lipinski definition) is 3. The van der Waals surface area contributed by atoms with Crippen LogP contribution in [-0.2, 0) is 0 Å². The quantitative estimate of drug-likeness (QED) is 0.673. The van der Waals surface area contributed by atoms with Gasteiger partial charge in [0.25, 0.3) is 0 Å². The van der Waals surface area contributed by atoms with Crippen molar-refractivity contribution in [2.75, 3.05) is 13.6 Å². The molecule has 3 nitrogen and oxygen atoms in total. The molecule has 0 amide bonds. The lowest BCUT2D eigenvalue weighted by atomic mass is 10.1. The second-order valence-electron chi connectivity index (χ2n) is 3.55. The first-order valence-electron chi connectivity index (χ1n) is 4.58. The molecule has 1 fully saturated rings. The van der Waals surface area contributed by atoms with Gasteiger partial charge in [-0.1, -0.05) is 6.42 Å². The molecule has 2 unspecified atom stereocenters. The monoisotopic (exact) mass is 167 g/mol. The van der Waals surface area contributed by atoms with Gasteiger partial charge in [0.1, 0.15) is 0 Å². The van der Waals surface area contributed by atoms with Crippen LogP contribution in [0.3, 0.4) is 0 Å². The molecule has 2 N–H and O–H groups in total. The Morgan fingerprint density at radius 3 is 2.83 bits per heavy atom. The first kappa shape index (κ1) is 9.50. The molecule has 0 heterocycles. The first-order chi connectivity index (χ1) is 5.75. The average Bonchev–Trinajstić information content (AvgIpc) is 2.47. The van der Waals surface area contributed by atoms with Crippen molar-refractivity contribution in [1.82, 2.24) is 4.90 Å². The van der Waals surface area contributed by atoms with Crippen LogP contribution in [0.25, 0.3) is 0 Å². The molecule has 0 aromatic heterocycles. The van der Waals surface area contributed by atoms with Gasteiger partial charge in [-0.3, -0.25) is 0 Å². The molecule has 0 radical (unpaired) electrons. The lowest BCUT2D eigenvalue weighted by Crippen LogP contribution is -2.42. The van der Waals surface area contributed by atoms with Gasteiger partial charge in [0, 0.05) is 25.0 Å². The van der Waals surface area contributed by atoms with Crippen molar-refractivity contribution < 1.29 is 0 Å². The van der Waals surface area contributed by atoms with Crippen molar-refractivity contribution in [3.8, 4) is 6.07 Å². The highest BCUT2D eigenvalue weighted by molar-refractivity contribution is 4.87. The number of nitrogens with zero attached hydrogens (tertiary/aromatic N) is 2. The van der Waals surface area contributed by atoms with Gasteiger partial charge >= 0.3 is 0 Å². The minimum atomic E-state index is 0.327. The summed E-state index contributed by atoms with van der Waals surface area (Å²) in [5.41, 5.74) is 5.93. The highest BCUT2D eigenvalue weighted by Gasteiger charge is 2.26. The van der Waals surface area contributed by atoms with Crippen LogP contribution in [0.4, 0.5) is 0 Å². The molecular weight excluding hydrogens is 150 g/mol. The molecule has 3 heteroatoms. The van der Waals surface area contributed by atoms with Crippen LogP contribution in [-0.4, -0.2) is 30.6 Å². The van der Waals surface area contributed by atoms with Crippen molar-refractivity contribution in [1.29, 1.82) is 5.26 Å². The fourth-order valence-electron chi connectivity index (χ4n) is 1.91. The van der Waals surface area contributed by atoms with E-state index < -0.39 is 0 Å². The summed E-state index contributed by atoms with van der Waals surface area (Å²) in [4.78, 5) is 2.22. The Labute approximate surface area is 74.1 Å². The molecule has 1 aliphatic rings. The minimum Gasteiger partial charge on any atom is -0.326 e. The van der Waals surface area contributed by atoms with Crippen LogP contribution < -0.4 is 5.73 Å². The summed E-state index contributed by atoms with van der Waals surface area (Å²) < 4.78 is 0. The van der Waals surface area contributed by atoms with E-state index in [0.29, 0.717) is 18.5 Å². The van der Waals surface area contributed by atoms with Crippen molar-refractivity contribution in [2.24, 2.45) is 5.73 Å². The lowest BCUT2D eigenvalue weighted by Gasteiger charge is -2.26. The van der Waals surface area contributed by atoms with E-state index in [0.717, 1.165) is 13.0 Å². The van der Waals surface area contributed by atoms with E-state index in [1.165, 1.54) is 12.8 Å². The highest BCUT2D eigenvalue weighted by Crippen LogP contribution is 2.21. The van der Waals surface area contributed by atoms with Gasteiger partial charge < -0.3 is 10.6 Å². The fraction of sp³-hybridized carbons (Fsp3) is 0.889. The maximum Gasteiger partial charge on any atom is 0.0635 e. The molecule has 1 saturated carbocycles. The molecular formula is C9H17N3. The van der Waals surface area contributed by atoms with E-state index in [-0.39, 0.29) is 0 Å². The summed E-state index contributed by atoms with van der Waals surface area (Å²) in [5, 5.41) is 8.42. The summed E-state index contributed by atoms with van der Waals surface area (Å²) in [6, 6.07) is 2.99. The SMILES string of the molecule is CN(CCC#N)C1CCCC1N. The van der Waals surface area contributed by atoms with Crippen molar-refractivity contribution in [3.63, 3.8) is 0 Å². The van der Waals surface area contributed by atoms with Gasteiger partial charge in [-0.15, -0.1) is 0 Å². The normalized spacial score (nSPS) is 29.2. The van der Waals surface area contributed by atoms with E-state index in [1.807, 2.05) is 0 Å². The smallest absolute Gasteiger partial charge is 0.0635 e. The summed E-state index contributed by atoms with van der Waals surface area (Å²) >= 11 is 0. The number of nitriles is 1. The molecule has 1 aliphatic carbocycles. The third-order valence-corrected chi connectivity index (χ3v) is 2.67. The van der Waals surface area contributed by atoms with Gasteiger partial charge in [-0.25, -0.2) is 0 Å². The Kier molecular flexibility index (Phi) is 3.51.